The molecule has 2 aromatic heterocycles. The van der Waals surface area contributed by atoms with Gasteiger partial charge in [-0.15, -0.1) is 0 Å². The van der Waals surface area contributed by atoms with Crippen molar-refractivity contribution in [3.05, 3.63) is 83.2 Å². The van der Waals surface area contributed by atoms with Crippen molar-refractivity contribution in [2.45, 2.75) is 25.1 Å². The highest BCUT2D eigenvalue weighted by atomic mass is 19.4. The standard InChI is InChI=1S/C23H20F3N5/c24-23(25,26)19-13-15-8-4-5-9-18(15)31(19)22-29-16-10-11-28-17(20(16)21(27)30-22)12-14-6-2-1-3-7-14/h1-9,13,17,28H,10-12H2,(H2,27,29,30). The van der Waals surface area contributed by atoms with E-state index >= 15 is 0 Å². The smallest absolute Gasteiger partial charge is 0.383 e. The monoisotopic (exact) mass is 423 g/mol. The fourth-order valence-electron chi connectivity index (χ4n) is 4.26. The maximum Gasteiger partial charge on any atom is 0.431 e. The minimum absolute atomic E-state index is 0.0508. The molecule has 8 heteroatoms. The maximum absolute atomic E-state index is 13.8. The lowest BCUT2D eigenvalue weighted by atomic mass is 9.94. The fourth-order valence-corrected chi connectivity index (χ4v) is 4.26. The van der Waals surface area contributed by atoms with Crippen LogP contribution in [0.25, 0.3) is 16.9 Å². The number of nitrogens with one attached hydrogen (secondary N) is 1. The van der Waals surface area contributed by atoms with Crippen molar-refractivity contribution in [2.24, 2.45) is 0 Å². The molecule has 5 rings (SSSR count). The quantitative estimate of drug-likeness (QED) is 0.511. The molecule has 0 fully saturated rings. The number of aromatic nitrogens is 3. The molecular weight excluding hydrogens is 403 g/mol. The van der Waals surface area contributed by atoms with Crippen LogP contribution in [-0.4, -0.2) is 21.1 Å². The van der Waals surface area contributed by atoms with Crippen LogP contribution in [-0.2, 0) is 19.0 Å². The summed E-state index contributed by atoms with van der Waals surface area (Å²) >= 11 is 0. The lowest BCUT2D eigenvalue weighted by Crippen LogP contribution is -2.33. The van der Waals surface area contributed by atoms with E-state index in [1.165, 1.54) is 0 Å². The molecule has 0 radical (unpaired) electrons. The fraction of sp³-hybridized carbons (Fsp3) is 0.217. The van der Waals surface area contributed by atoms with Gasteiger partial charge in [-0.25, -0.2) is 4.98 Å². The van der Waals surface area contributed by atoms with Crippen LogP contribution < -0.4 is 11.1 Å². The van der Waals surface area contributed by atoms with Crippen LogP contribution in [0.2, 0.25) is 0 Å². The van der Waals surface area contributed by atoms with Gasteiger partial charge < -0.3 is 11.1 Å². The zero-order chi connectivity index (χ0) is 21.6. The third kappa shape index (κ3) is 3.53. The Hall–Kier alpha value is -3.39. The summed E-state index contributed by atoms with van der Waals surface area (Å²) in [5.41, 5.74) is 8.47. The summed E-state index contributed by atoms with van der Waals surface area (Å²) in [6.07, 6.45) is -3.29. The number of benzene rings is 2. The molecule has 1 aliphatic heterocycles. The van der Waals surface area contributed by atoms with Gasteiger partial charge in [0.05, 0.1) is 11.2 Å². The van der Waals surface area contributed by atoms with E-state index in [0.29, 0.717) is 36.0 Å². The van der Waals surface area contributed by atoms with E-state index in [2.05, 4.69) is 15.3 Å². The van der Waals surface area contributed by atoms with Gasteiger partial charge in [-0.2, -0.15) is 18.2 Å². The highest BCUT2D eigenvalue weighted by Gasteiger charge is 2.37. The Morgan fingerprint density at radius 1 is 1.03 bits per heavy atom. The number of nitrogen functional groups attached to an aromatic ring is 1. The molecule has 2 aromatic carbocycles. The summed E-state index contributed by atoms with van der Waals surface area (Å²) in [5, 5.41) is 3.91. The first-order valence-electron chi connectivity index (χ1n) is 10.0. The van der Waals surface area contributed by atoms with Crippen LogP contribution in [0.1, 0.15) is 28.6 Å². The number of nitrogens with two attached hydrogens (primary N) is 1. The highest BCUT2D eigenvalue weighted by Crippen LogP contribution is 2.37. The topological polar surface area (TPSA) is 68.8 Å². The molecule has 1 atom stereocenters. The van der Waals surface area contributed by atoms with Gasteiger partial charge in [0.1, 0.15) is 11.5 Å². The molecule has 0 aliphatic carbocycles. The summed E-state index contributed by atoms with van der Waals surface area (Å²) in [4.78, 5) is 8.90. The molecule has 1 aliphatic rings. The number of fused-ring (bicyclic) bond motifs is 2. The summed E-state index contributed by atoms with van der Waals surface area (Å²) < 4.78 is 42.5. The molecule has 1 unspecified atom stereocenters. The predicted molar refractivity (Wildman–Crippen MR) is 113 cm³/mol. The Morgan fingerprint density at radius 3 is 2.55 bits per heavy atom. The molecule has 3 heterocycles. The van der Waals surface area contributed by atoms with Gasteiger partial charge >= 0.3 is 6.18 Å². The van der Waals surface area contributed by atoms with Crippen molar-refractivity contribution in [1.82, 2.24) is 19.9 Å². The van der Waals surface area contributed by atoms with Gasteiger partial charge in [0.2, 0.25) is 5.95 Å². The number of hydrogen-bond donors (Lipinski definition) is 2. The van der Waals surface area contributed by atoms with Crippen molar-refractivity contribution in [1.29, 1.82) is 0 Å². The van der Waals surface area contributed by atoms with E-state index in [-0.39, 0.29) is 17.8 Å². The van der Waals surface area contributed by atoms with Crippen LogP contribution in [0.5, 0.6) is 0 Å². The van der Waals surface area contributed by atoms with Gasteiger partial charge in [-0.05, 0) is 24.1 Å². The van der Waals surface area contributed by atoms with E-state index < -0.39 is 11.9 Å². The molecule has 0 saturated heterocycles. The van der Waals surface area contributed by atoms with Crippen LogP contribution in [0.4, 0.5) is 19.0 Å². The number of rotatable bonds is 3. The minimum atomic E-state index is -4.55. The van der Waals surface area contributed by atoms with E-state index in [9.17, 15) is 13.2 Å². The zero-order valence-corrected chi connectivity index (χ0v) is 16.5. The maximum atomic E-state index is 13.8. The van der Waals surface area contributed by atoms with Crippen LogP contribution in [0.3, 0.4) is 0 Å². The SMILES string of the molecule is Nc1nc(-n2c(C(F)(F)F)cc3ccccc32)nc2c1C(Cc1ccccc1)NCC2. The lowest BCUT2D eigenvalue weighted by molar-refractivity contribution is -0.142. The average molecular weight is 423 g/mol. The lowest BCUT2D eigenvalue weighted by Gasteiger charge is -2.28. The van der Waals surface area contributed by atoms with E-state index in [4.69, 9.17) is 5.73 Å². The molecule has 0 amide bonds. The third-order valence-electron chi connectivity index (χ3n) is 5.63. The van der Waals surface area contributed by atoms with Gasteiger partial charge in [-0.3, -0.25) is 4.57 Å². The van der Waals surface area contributed by atoms with Crippen molar-refractivity contribution >= 4 is 16.7 Å². The van der Waals surface area contributed by atoms with Crippen molar-refractivity contribution in [3.63, 3.8) is 0 Å². The number of nitrogens with zero attached hydrogens (tertiary/aromatic N) is 3. The van der Waals surface area contributed by atoms with E-state index in [0.717, 1.165) is 21.8 Å². The largest absolute Gasteiger partial charge is 0.431 e. The highest BCUT2D eigenvalue weighted by molar-refractivity contribution is 5.83. The van der Waals surface area contributed by atoms with Crippen molar-refractivity contribution < 1.29 is 13.2 Å². The average Bonchev–Trinajstić information content (AvgIpc) is 3.15. The number of halogens is 3. The van der Waals surface area contributed by atoms with Gasteiger partial charge in [-0.1, -0.05) is 48.5 Å². The Morgan fingerprint density at radius 2 is 1.77 bits per heavy atom. The Labute approximate surface area is 176 Å². The second-order valence-electron chi connectivity index (χ2n) is 7.64. The first kappa shape index (κ1) is 19.6. The van der Waals surface area contributed by atoms with Gasteiger partial charge in [0, 0.05) is 30.0 Å². The number of hydrogen-bond acceptors (Lipinski definition) is 4. The number of para-hydroxylation sites is 1. The number of alkyl halides is 3. The second kappa shape index (κ2) is 7.39. The second-order valence-corrected chi connectivity index (χ2v) is 7.64. The molecule has 0 bridgehead atoms. The predicted octanol–water partition coefficient (Wildman–Crippen LogP) is 4.45. The van der Waals surface area contributed by atoms with E-state index in [1.807, 2.05) is 30.3 Å². The molecular formula is C23H20F3N5. The van der Waals surface area contributed by atoms with Crippen molar-refractivity contribution in [3.8, 4) is 5.95 Å². The Bertz CT molecular complexity index is 1250. The Balaban J connectivity index is 1.63. The number of anilines is 1. The normalized spacial score (nSPS) is 16.4. The molecule has 0 spiro atoms. The first-order chi connectivity index (χ1) is 14.9. The van der Waals surface area contributed by atoms with Crippen LogP contribution in [0, 0.1) is 0 Å². The summed E-state index contributed by atoms with van der Waals surface area (Å²) in [5.74, 6) is 0.157. The van der Waals surface area contributed by atoms with E-state index in [1.54, 1.807) is 24.3 Å². The summed E-state index contributed by atoms with van der Waals surface area (Å²) in [6.45, 7) is 0.666. The molecule has 3 N–H and O–H groups in total. The summed E-state index contributed by atoms with van der Waals surface area (Å²) in [6, 6.07) is 17.6. The Kier molecular flexibility index (Phi) is 4.66. The summed E-state index contributed by atoms with van der Waals surface area (Å²) in [7, 11) is 0. The third-order valence-corrected chi connectivity index (χ3v) is 5.63. The van der Waals surface area contributed by atoms with Crippen LogP contribution >= 0.6 is 0 Å². The zero-order valence-electron chi connectivity index (χ0n) is 16.5. The van der Waals surface area contributed by atoms with Gasteiger partial charge in [0.25, 0.3) is 0 Å². The minimum Gasteiger partial charge on any atom is -0.383 e. The van der Waals surface area contributed by atoms with Gasteiger partial charge in [0.15, 0.2) is 0 Å². The van der Waals surface area contributed by atoms with Crippen molar-refractivity contribution in [2.75, 3.05) is 12.3 Å². The molecule has 31 heavy (non-hydrogen) atoms. The first-order valence-corrected chi connectivity index (χ1v) is 10.0. The molecule has 4 aromatic rings. The van der Waals surface area contributed by atoms with Crippen LogP contribution in [0.15, 0.2) is 60.7 Å². The molecule has 5 nitrogen and oxygen atoms in total. The molecule has 0 saturated carbocycles. The molecule has 158 valence electrons.